The van der Waals surface area contributed by atoms with Crippen LogP contribution < -0.4 is 10.1 Å². The molecule has 12 heteroatoms. The summed E-state index contributed by atoms with van der Waals surface area (Å²) in [4.78, 5) is 25.8. The Bertz CT molecular complexity index is 1180. The molecule has 50 heavy (non-hydrogen) atoms. The van der Waals surface area contributed by atoms with Gasteiger partial charge in [0.1, 0.15) is 5.75 Å². The lowest BCUT2D eigenvalue weighted by atomic mass is 9.76. The van der Waals surface area contributed by atoms with Crippen LogP contribution in [-0.2, 0) is 39.3 Å². The molecule has 2 N–H and O–H groups in total. The minimum Gasteiger partial charge on any atom is -0.497 e. The lowest BCUT2D eigenvalue weighted by Gasteiger charge is -2.47. The van der Waals surface area contributed by atoms with E-state index in [0.29, 0.717) is 19.6 Å². The van der Waals surface area contributed by atoms with Gasteiger partial charge in [-0.1, -0.05) is 74.4 Å². The van der Waals surface area contributed by atoms with Gasteiger partial charge in [-0.3, -0.25) is 4.79 Å². The van der Waals surface area contributed by atoms with Crippen LogP contribution in [0.15, 0.2) is 24.3 Å². The van der Waals surface area contributed by atoms with Crippen molar-refractivity contribution < 1.29 is 42.5 Å². The van der Waals surface area contributed by atoms with Gasteiger partial charge in [0.2, 0.25) is 5.91 Å². The molecule has 0 saturated heterocycles. The quantitative estimate of drug-likeness (QED) is 0.0975. The molecule has 0 aromatic heterocycles. The molecule has 0 unspecified atom stereocenters. The number of carbonyl (C=O) groups excluding carboxylic acids is 2. The number of methoxy groups -OCH3 is 3. The Balaban J connectivity index is 3.53. The minimum absolute atomic E-state index is 0.0387. The smallest absolute Gasteiger partial charge is 0.330 e. The predicted octanol–water partition coefficient (Wildman–Crippen LogP) is 7.49. The normalized spacial score (nSPS) is 16.3. The van der Waals surface area contributed by atoms with E-state index in [1.54, 1.807) is 14.2 Å². The summed E-state index contributed by atoms with van der Waals surface area (Å²) in [5.74, 6) is -0.196. The average Bonchev–Trinajstić information content (AvgIpc) is 3.01. The van der Waals surface area contributed by atoms with Crippen LogP contribution >= 0.6 is 0 Å². The van der Waals surface area contributed by atoms with E-state index in [9.17, 15) is 14.7 Å². The fourth-order valence-corrected chi connectivity index (χ4v) is 7.63. The van der Waals surface area contributed by atoms with Crippen LogP contribution in [0.3, 0.4) is 0 Å². The number of benzene rings is 1. The second-order valence-corrected chi connectivity index (χ2v) is 26.8. The monoisotopic (exact) mass is 741 g/mol. The number of aliphatic hydroxyl groups excluding tert-OH is 1. The number of hydrogen-bond acceptors (Lipinski definition) is 9. The van der Waals surface area contributed by atoms with Gasteiger partial charge in [0.05, 0.1) is 52.2 Å². The van der Waals surface area contributed by atoms with Gasteiger partial charge in [-0.15, -0.1) is 0 Å². The van der Waals surface area contributed by atoms with Gasteiger partial charge >= 0.3 is 5.97 Å². The van der Waals surface area contributed by atoms with Crippen LogP contribution in [0, 0.1) is 11.3 Å². The predicted molar refractivity (Wildman–Crippen MR) is 205 cm³/mol. The van der Waals surface area contributed by atoms with E-state index in [4.69, 9.17) is 27.8 Å². The van der Waals surface area contributed by atoms with E-state index < -0.39 is 58.8 Å². The first-order chi connectivity index (χ1) is 22.9. The molecule has 0 aliphatic heterocycles. The fourth-order valence-electron chi connectivity index (χ4n) is 5.12. The Morgan fingerprint density at radius 2 is 1.42 bits per heavy atom. The highest BCUT2D eigenvalue weighted by Gasteiger charge is 2.47. The van der Waals surface area contributed by atoms with Crippen molar-refractivity contribution in [3.63, 3.8) is 0 Å². The lowest BCUT2D eigenvalue weighted by molar-refractivity contribution is -0.147. The number of esters is 1. The first kappa shape index (κ1) is 46.2. The zero-order chi connectivity index (χ0) is 38.7. The molecule has 10 nitrogen and oxygen atoms in total. The maximum Gasteiger partial charge on any atom is 0.330 e. The number of carbonyl (C=O) groups is 2. The molecule has 0 aliphatic carbocycles. The number of nitrogens with one attached hydrogen (secondary N) is 1. The molecule has 1 aromatic rings. The Labute approximate surface area is 305 Å². The molecule has 0 aliphatic rings. The SMILES string of the molecule is COC(=O)[C@H](CO)NC(=O)C[C@H](O[Si](C)(C)C(C)(C)C)C(C)(C)[C@H](C[C@H](OC)[C@@H](C)CCO[Si](C)(C)C(C)(C)C)OCc1ccc(OC)cc1. The molecule has 0 saturated carbocycles. The Kier molecular flexibility index (Phi) is 17.9. The largest absolute Gasteiger partial charge is 0.497 e. The summed E-state index contributed by atoms with van der Waals surface area (Å²) in [6.45, 7) is 28.9. The second-order valence-electron chi connectivity index (χ2n) is 17.3. The van der Waals surface area contributed by atoms with Gasteiger partial charge in [0.15, 0.2) is 22.7 Å². The zero-order valence-corrected chi connectivity index (χ0v) is 36.2. The lowest BCUT2D eigenvalue weighted by Crippen LogP contribution is -2.54. The molecule has 0 spiro atoms. The number of aliphatic hydroxyl groups is 1. The molecule has 0 bridgehead atoms. The van der Waals surface area contributed by atoms with Crippen molar-refractivity contribution in [1.29, 1.82) is 0 Å². The minimum atomic E-state index is -2.42. The van der Waals surface area contributed by atoms with E-state index in [0.717, 1.165) is 17.7 Å². The van der Waals surface area contributed by atoms with Gasteiger partial charge in [-0.25, -0.2) is 4.79 Å². The highest BCUT2D eigenvalue weighted by molar-refractivity contribution is 6.74. The number of hydrogen-bond donors (Lipinski definition) is 2. The maximum atomic E-state index is 13.6. The van der Waals surface area contributed by atoms with Crippen LogP contribution in [0.2, 0.25) is 36.3 Å². The molecule has 0 heterocycles. The first-order valence-corrected chi connectivity index (χ1v) is 23.8. The van der Waals surface area contributed by atoms with Gasteiger partial charge in [-0.05, 0) is 66.3 Å². The summed E-state index contributed by atoms with van der Waals surface area (Å²) >= 11 is 0. The highest BCUT2D eigenvalue weighted by atomic mass is 28.4. The third kappa shape index (κ3) is 13.6. The number of amides is 1. The van der Waals surface area contributed by atoms with Gasteiger partial charge in [-0.2, -0.15) is 0 Å². The third-order valence-electron chi connectivity index (χ3n) is 11.1. The topological polar surface area (TPSA) is 122 Å². The molecule has 0 fully saturated rings. The zero-order valence-electron chi connectivity index (χ0n) is 34.2. The number of ether oxygens (including phenoxy) is 4. The molecular formula is C38H71NO9Si2. The van der Waals surface area contributed by atoms with Crippen molar-refractivity contribution in [1.82, 2.24) is 5.32 Å². The summed E-state index contributed by atoms with van der Waals surface area (Å²) in [7, 11) is 0.281. The average molecular weight is 742 g/mol. The van der Waals surface area contributed by atoms with E-state index in [1.807, 2.05) is 24.3 Å². The van der Waals surface area contributed by atoms with Crippen molar-refractivity contribution >= 4 is 28.5 Å². The van der Waals surface area contributed by atoms with Crippen molar-refractivity contribution in [3.8, 4) is 5.75 Å². The van der Waals surface area contributed by atoms with Crippen LogP contribution in [0.25, 0.3) is 0 Å². The van der Waals surface area contributed by atoms with Crippen LogP contribution in [0.5, 0.6) is 5.75 Å². The summed E-state index contributed by atoms with van der Waals surface area (Å²) in [5, 5.41) is 12.4. The van der Waals surface area contributed by atoms with E-state index in [2.05, 4.69) is 93.8 Å². The van der Waals surface area contributed by atoms with Crippen LogP contribution in [0.4, 0.5) is 0 Å². The van der Waals surface area contributed by atoms with E-state index >= 15 is 0 Å². The molecule has 290 valence electrons. The van der Waals surface area contributed by atoms with E-state index in [1.165, 1.54) is 7.11 Å². The standard InChI is InChI=1S/C38H71NO9Si2/c1-27(21-22-47-49(13,14)36(2,3)4)31(44-11)23-32(46-26-28-17-19-29(43-10)20-18-28)38(8,9)33(48-50(15,16)37(5,6)7)24-34(41)39-30(25-40)35(42)45-12/h17-20,27,30-33,40H,21-26H2,1-16H3,(H,39,41)/t27-,30-,31-,32-,33-/m0/s1. The summed E-state index contributed by atoms with van der Waals surface area (Å²) < 4.78 is 36.7. The summed E-state index contributed by atoms with van der Waals surface area (Å²) in [6.07, 6.45) is 0.216. The van der Waals surface area contributed by atoms with Crippen molar-refractivity contribution in [2.45, 2.75) is 149 Å². The third-order valence-corrected chi connectivity index (χ3v) is 20.1. The summed E-state index contributed by atoms with van der Waals surface area (Å²) in [6, 6.07) is 6.62. The van der Waals surface area contributed by atoms with Crippen molar-refractivity contribution in [3.05, 3.63) is 29.8 Å². The molecular weight excluding hydrogens is 671 g/mol. The van der Waals surface area contributed by atoms with Crippen LogP contribution in [0.1, 0.15) is 87.1 Å². The van der Waals surface area contributed by atoms with Crippen molar-refractivity contribution in [2.24, 2.45) is 11.3 Å². The van der Waals surface area contributed by atoms with Gasteiger partial charge in [0, 0.05) is 25.6 Å². The Morgan fingerprint density at radius 1 is 0.860 bits per heavy atom. The fraction of sp³-hybridized carbons (Fsp3) is 0.789. The highest BCUT2D eigenvalue weighted by Crippen LogP contribution is 2.43. The van der Waals surface area contributed by atoms with Crippen molar-refractivity contribution in [2.75, 3.05) is 34.5 Å². The summed E-state index contributed by atoms with van der Waals surface area (Å²) in [5.41, 5.74) is 0.285. The van der Waals surface area contributed by atoms with Crippen LogP contribution in [-0.4, -0.2) is 92.5 Å². The second kappa shape index (κ2) is 19.3. The number of rotatable bonds is 21. The molecule has 5 atom stereocenters. The van der Waals surface area contributed by atoms with E-state index in [-0.39, 0.29) is 28.5 Å². The first-order valence-electron chi connectivity index (χ1n) is 17.9. The van der Waals surface area contributed by atoms with Gasteiger partial charge < -0.3 is 38.2 Å². The molecule has 0 radical (unpaired) electrons. The molecule has 1 aromatic carbocycles. The molecule has 1 amide bonds. The molecule has 1 rings (SSSR count). The Hall–Kier alpha value is -1.81. The van der Waals surface area contributed by atoms with Gasteiger partial charge in [0.25, 0.3) is 0 Å². The maximum absolute atomic E-state index is 13.6. The Morgan fingerprint density at radius 3 is 1.88 bits per heavy atom.